The number of sulfonamides is 1. The molecule has 0 saturated carbocycles. The van der Waals surface area contributed by atoms with Crippen LogP contribution in [0.4, 0.5) is 5.13 Å². The number of ether oxygens (including phenoxy) is 1. The number of hydrogen-bond acceptors (Lipinski definition) is 9. The summed E-state index contributed by atoms with van der Waals surface area (Å²) in [6.45, 7) is 5.21. The van der Waals surface area contributed by atoms with E-state index < -0.39 is 10.0 Å². The van der Waals surface area contributed by atoms with E-state index in [0.29, 0.717) is 47.0 Å². The number of nitrogens with two attached hydrogens (primary N) is 1. The third-order valence-electron chi connectivity index (χ3n) is 5.16. The number of aryl methyl sites for hydroxylation is 1. The normalized spacial score (nSPS) is 15.2. The van der Waals surface area contributed by atoms with Crippen molar-refractivity contribution >= 4 is 44.0 Å². The van der Waals surface area contributed by atoms with Crippen LogP contribution < -0.4 is 5.73 Å². The molecule has 4 rings (SSSR count). The minimum absolute atomic E-state index is 0.0415. The number of rotatable bonds is 7. The Labute approximate surface area is 194 Å². The van der Waals surface area contributed by atoms with Crippen LogP contribution in [-0.2, 0) is 14.8 Å². The average Bonchev–Trinajstić information content (AvgIpc) is 3.34. The third-order valence-corrected chi connectivity index (χ3v) is 8.94. The molecule has 12 heteroatoms. The Morgan fingerprint density at radius 1 is 1.22 bits per heavy atom. The van der Waals surface area contributed by atoms with Crippen LogP contribution in [0.2, 0.25) is 0 Å². The second-order valence-electron chi connectivity index (χ2n) is 7.25. The molecular weight excluding hydrogens is 470 g/mol. The molecule has 3 aromatic rings. The van der Waals surface area contributed by atoms with Crippen molar-refractivity contribution in [2.75, 3.05) is 37.8 Å². The molecule has 3 heterocycles. The number of ketones is 1. The molecule has 9 nitrogen and oxygen atoms in total. The van der Waals surface area contributed by atoms with Crippen LogP contribution in [-0.4, -0.2) is 65.3 Å². The fourth-order valence-corrected chi connectivity index (χ4v) is 6.61. The Hall–Kier alpha value is -2.25. The molecule has 0 aliphatic carbocycles. The summed E-state index contributed by atoms with van der Waals surface area (Å²) in [7, 11) is -3.62. The number of nitrogen functional groups attached to an aromatic ring is 1. The zero-order chi connectivity index (χ0) is 22.9. The highest BCUT2D eigenvalue weighted by Crippen LogP contribution is 2.28. The maximum Gasteiger partial charge on any atom is 0.243 e. The molecule has 2 aromatic heterocycles. The highest BCUT2D eigenvalue weighted by atomic mass is 32.2. The van der Waals surface area contributed by atoms with Gasteiger partial charge in [0, 0.05) is 35.7 Å². The van der Waals surface area contributed by atoms with Crippen LogP contribution in [0, 0.1) is 13.8 Å². The van der Waals surface area contributed by atoms with Gasteiger partial charge < -0.3 is 15.0 Å². The van der Waals surface area contributed by atoms with E-state index in [1.54, 1.807) is 18.2 Å². The fourth-order valence-electron chi connectivity index (χ4n) is 3.65. The number of hydrogen-bond donors (Lipinski definition) is 1. The number of benzene rings is 1. The number of thioether (sulfide) groups is 1. The van der Waals surface area contributed by atoms with Crippen LogP contribution in [0.15, 0.2) is 39.6 Å². The summed E-state index contributed by atoms with van der Waals surface area (Å²) < 4.78 is 35.4. The quantitative estimate of drug-likeness (QED) is 0.394. The number of nitrogens with zero attached hydrogens (tertiary/aromatic N) is 4. The van der Waals surface area contributed by atoms with E-state index in [0.717, 1.165) is 11.4 Å². The van der Waals surface area contributed by atoms with E-state index in [4.69, 9.17) is 10.5 Å². The van der Waals surface area contributed by atoms with Gasteiger partial charge in [0.2, 0.25) is 15.2 Å². The minimum atomic E-state index is -3.62. The molecule has 0 amide bonds. The van der Waals surface area contributed by atoms with Gasteiger partial charge in [-0.25, -0.2) is 8.42 Å². The van der Waals surface area contributed by atoms with Gasteiger partial charge in [0.1, 0.15) is 0 Å². The Kier molecular flexibility index (Phi) is 6.67. The predicted octanol–water partition coefficient (Wildman–Crippen LogP) is 2.52. The molecule has 0 radical (unpaired) electrons. The lowest BCUT2D eigenvalue weighted by Gasteiger charge is -2.26. The fraction of sp³-hybridized carbons (Fsp3) is 0.350. The van der Waals surface area contributed by atoms with Gasteiger partial charge in [-0.1, -0.05) is 29.2 Å². The van der Waals surface area contributed by atoms with Crippen LogP contribution >= 0.6 is 23.1 Å². The first-order chi connectivity index (χ1) is 15.3. The van der Waals surface area contributed by atoms with Gasteiger partial charge in [0.05, 0.1) is 23.9 Å². The van der Waals surface area contributed by atoms with E-state index in [1.807, 2.05) is 30.5 Å². The summed E-state index contributed by atoms with van der Waals surface area (Å²) in [4.78, 5) is 13.1. The van der Waals surface area contributed by atoms with E-state index in [1.165, 1.54) is 27.4 Å². The highest BCUT2D eigenvalue weighted by molar-refractivity contribution is 8.01. The minimum Gasteiger partial charge on any atom is -0.379 e. The summed E-state index contributed by atoms with van der Waals surface area (Å²) in [5.41, 5.74) is 8.47. The molecule has 32 heavy (non-hydrogen) atoms. The van der Waals surface area contributed by atoms with E-state index in [9.17, 15) is 13.2 Å². The third kappa shape index (κ3) is 4.59. The molecule has 0 spiro atoms. The lowest BCUT2D eigenvalue weighted by molar-refractivity contribution is 0.0730. The van der Waals surface area contributed by atoms with Gasteiger partial charge in [-0.3, -0.25) is 4.79 Å². The van der Waals surface area contributed by atoms with Gasteiger partial charge in [-0.15, -0.1) is 10.2 Å². The maximum atomic E-state index is 13.1. The van der Waals surface area contributed by atoms with E-state index in [2.05, 4.69) is 10.2 Å². The second kappa shape index (κ2) is 9.32. The Balaban J connectivity index is 1.60. The Morgan fingerprint density at radius 2 is 1.97 bits per heavy atom. The monoisotopic (exact) mass is 493 g/mol. The smallest absolute Gasteiger partial charge is 0.243 e. The zero-order valence-electron chi connectivity index (χ0n) is 17.6. The summed E-state index contributed by atoms with van der Waals surface area (Å²) in [6.07, 6.45) is 0. The van der Waals surface area contributed by atoms with Gasteiger partial charge in [-0.2, -0.15) is 4.31 Å². The van der Waals surface area contributed by atoms with E-state index >= 15 is 0 Å². The Morgan fingerprint density at radius 3 is 2.66 bits per heavy atom. The van der Waals surface area contributed by atoms with Crippen molar-refractivity contribution in [1.82, 2.24) is 19.1 Å². The molecule has 170 valence electrons. The molecule has 0 bridgehead atoms. The molecule has 1 aromatic carbocycles. The number of morpholine rings is 1. The van der Waals surface area contributed by atoms with Crippen LogP contribution in [0.25, 0.3) is 5.69 Å². The summed E-state index contributed by atoms with van der Waals surface area (Å²) in [6, 6.07) is 8.64. The highest BCUT2D eigenvalue weighted by Gasteiger charge is 2.27. The number of carbonyl (C=O) groups excluding carboxylic acids is 1. The second-order valence-corrected chi connectivity index (χ2v) is 11.4. The molecule has 0 atom stereocenters. The van der Waals surface area contributed by atoms with Crippen molar-refractivity contribution < 1.29 is 17.9 Å². The van der Waals surface area contributed by atoms with Crippen LogP contribution in [0.3, 0.4) is 0 Å². The lowest BCUT2D eigenvalue weighted by Crippen LogP contribution is -2.40. The van der Waals surface area contributed by atoms with Gasteiger partial charge in [0.25, 0.3) is 0 Å². The van der Waals surface area contributed by atoms with Crippen molar-refractivity contribution in [3.05, 3.63) is 47.3 Å². The summed E-state index contributed by atoms with van der Waals surface area (Å²) in [5, 5.41) is 8.05. The standard InChI is InChI=1S/C20H23N5O4S3/c1-13-10-17(18(26)12-30-20-23-22-19(21)31-20)14(2)25(13)15-4-3-5-16(11-15)32(27,28)24-6-8-29-9-7-24/h3-5,10-11H,6-9,12H2,1-2H3,(H2,21,22). The van der Waals surface area contributed by atoms with Gasteiger partial charge in [-0.05, 0) is 38.1 Å². The molecule has 2 N–H and O–H groups in total. The summed E-state index contributed by atoms with van der Waals surface area (Å²) >= 11 is 2.54. The van der Waals surface area contributed by atoms with Crippen molar-refractivity contribution in [2.45, 2.75) is 23.1 Å². The molecule has 1 saturated heterocycles. The first kappa shape index (κ1) is 22.9. The number of carbonyl (C=O) groups is 1. The molecule has 1 aliphatic rings. The van der Waals surface area contributed by atoms with Gasteiger partial charge in [0.15, 0.2) is 10.1 Å². The van der Waals surface area contributed by atoms with Gasteiger partial charge >= 0.3 is 0 Å². The predicted molar refractivity (Wildman–Crippen MR) is 124 cm³/mol. The van der Waals surface area contributed by atoms with Crippen molar-refractivity contribution in [3.63, 3.8) is 0 Å². The SMILES string of the molecule is Cc1cc(C(=O)CSc2nnc(N)s2)c(C)n1-c1cccc(S(=O)(=O)N2CCOCC2)c1. The van der Waals surface area contributed by atoms with Crippen molar-refractivity contribution in [2.24, 2.45) is 0 Å². The van der Waals surface area contributed by atoms with Crippen LogP contribution in [0.1, 0.15) is 21.7 Å². The molecule has 1 aliphatic heterocycles. The number of anilines is 1. The Bertz CT molecular complexity index is 1250. The van der Waals surface area contributed by atoms with Crippen molar-refractivity contribution in [1.29, 1.82) is 0 Å². The summed E-state index contributed by atoms with van der Waals surface area (Å²) in [5.74, 6) is 0.171. The topological polar surface area (TPSA) is 120 Å². The number of aromatic nitrogens is 3. The van der Waals surface area contributed by atoms with E-state index in [-0.39, 0.29) is 16.4 Å². The van der Waals surface area contributed by atoms with Crippen LogP contribution in [0.5, 0.6) is 0 Å². The molecular formula is C20H23N5O4S3. The largest absolute Gasteiger partial charge is 0.379 e. The first-order valence-corrected chi connectivity index (χ1v) is 13.1. The first-order valence-electron chi connectivity index (χ1n) is 9.89. The number of Topliss-reactive ketones (excluding diaryl/α,β-unsaturated/α-hetero) is 1. The molecule has 0 unspecified atom stereocenters. The lowest BCUT2D eigenvalue weighted by atomic mass is 10.2. The van der Waals surface area contributed by atoms with Crippen molar-refractivity contribution in [3.8, 4) is 5.69 Å². The zero-order valence-corrected chi connectivity index (χ0v) is 20.1. The average molecular weight is 494 g/mol. The maximum absolute atomic E-state index is 13.1. The molecule has 1 fully saturated rings.